The molecule has 1 heterocycles. The molecule has 1 aliphatic carbocycles. The first-order valence-corrected chi connectivity index (χ1v) is 9.56. The second-order valence-corrected chi connectivity index (χ2v) is 7.90. The average Bonchev–Trinajstić information content (AvgIpc) is 3.08. The largest absolute Gasteiger partial charge is 0.390 e. The summed E-state index contributed by atoms with van der Waals surface area (Å²) in [6, 6.07) is 8.52. The van der Waals surface area contributed by atoms with Crippen LogP contribution in [-0.4, -0.2) is 63.3 Å². The Bertz CT molecular complexity index is 806. The molecular formula is C19H22N4O3S. The van der Waals surface area contributed by atoms with Crippen molar-refractivity contribution in [3.63, 3.8) is 0 Å². The highest BCUT2D eigenvalue weighted by Gasteiger charge is 2.50. The Labute approximate surface area is 162 Å². The Morgan fingerprint density at radius 3 is 3.04 bits per heavy atom. The molecule has 3 rings (SSSR count). The number of aliphatic imine (C=N–C) groups is 1. The first kappa shape index (κ1) is 19.4. The van der Waals surface area contributed by atoms with Crippen LogP contribution in [0, 0.1) is 17.2 Å². The molecule has 1 aliphatic heterocycles. The van der Waals surface area contributed by atoms with E-state index in [-0.39, 0.29) is 17.6 Å². The van der Waals surface area contributed by atoms with Gasteiger partial charge in [0.15, 0.2) is 5.17 Å². The van der Waals surface area contributed by atoms with Crippen molar-refractivity contribution in [2.45, 2.75) is 29.9 Å². The maximum absolute atomic E-state index is 12.8. The Balaban J connectivity index is 1.79. The smallest absolute Gasteiger partial charge is 0.227 e. The van der Waals surface area contributed by atoms with Crippen molar-refractivity contribution in [3.05, 3.63) is 42.5 Å². The second-order valence-electron chi connectivity index (χ2n) is 6.73. The number of hydrogen-bond acceptors (Lipinski definition) is 7. The summed E-state index contributed by atoms with van der Waals surface area (Å²) >= 11 is 1.39. The van der Waals surface area contributed by atoms with Crippen molar-refractivity contribution in [3.8, 4) is 6.07 Å². The minimum absolute atomic E-state index is 0.0914. The van der Waals surface area contributed by atoms with E-state index < -0.39 is 24.2 Å². The number of thioether (sulfide) groups is 1. The molecule has 7 nitrogen and oxygen atoms in total. The minimum atomic E-state index is -1.01. The number of likely N-dealkylation sites (N-methyl/N-ethyl adjacent to an activating group) is 1. The number of aliphatic hydroxyl groups is 2. The average molecular weight is 386 g/mol. The first-order valence-electron chi connectivity index (χ1n) is 8.68. The van der Waals surface area contributed by atoms with Gasteiger partial charge in [-0.1, -0.05) is 23.9 Å². The van der Waals surface area contributed by atoms with E-state index in [0.29, 0.717) is 23.0 Å². The van der Waals surface area contributed by atoms with Crippen LogP contribution >= 0.6 is 11.8 Å². The van der Waals surface area contributed by atoms with Gasteiger partial charge in [-0.15, -0.1) is 6.58 Å². The molecule has 0 aromatic heterocycles. The third kappa shape index (κ3) is 4.00. The topological polar surface area (TPSA) is 109 Å². The van der Waals surface area contributed by atoms with Crippen molar-refractivity contribution in [2.24, 2.45) is 10.9 Å². The maximum atomic E-state index is 12.8. The molecule has 2 aliphatic rings. The summed E-state index contributed by atoms with van der Waals surface area (Å²) in [5, 5.41) is 33.1. The van der Waals surface area contributed by atoms with Gasteiger partial charge in [0.2, 0.25) is 5.91 Å². The standard InChI is InChI=1S/C19H22N4O3S/c1-3-7-23(2)18(26)13-9-14(24)16(25)15-17(13)27-19(22-15)21-12-6-4-5-11(8-12)10-20/h3-6,8,13-17,24-25H,1,7,9H2,2H3,(H,21,22). The van der Waals surface area contributed by atoms with Crippen molar-refractivity contribution in [1.29, 1.82) is 5.26 Å². The number of nitrogens with zero attached hydrogens (tertiary/aromatic N) is 3. The zero-order valence-corrected chi connectivity index (χ0v) is 15.8. The molecule has 3 N–H and O–H groups in total. The summed E-state index contributed by atoms with van der Waals surface area (Å²) in [4.78, 5) is 18.9. The van der Waals surface area contributed by atoms with E-state index in [0.717, 1.165) is 0 Å². The van der Waals surface area contributed by atoms with Crippen LogP contribution in [0.1, 0.15) is 12.0 Å². The molecule has 0 bridgehead atoms. The van der Waals surface area contributed by atoms with Gasteiger partial charge in [-0.05, 0) is 24.6 Å². The van der Waals surface area contributed by atoms with E-state index in [1.165, 1.54) is 11.8 Å². The van der Waals surface area contributed by atoms with Crippen LogP contribution in [0.3, 0.4) is 0 Å². The van der Waals surface area contributed by atoms with Crippen LogP contribution in [0.5, 0.6) is 0 Å². The molecule has 1 fully saturated rings. The van der Waals surface area contributed by atoms with E-state index in [1.807, 2.05) is 6.07 Å². The molecule has 1 amide bonds. The molecule has 5 unspecified atom stereocenters. The molecule has 8 heteroatoms. The number of fused-ring (bicyclic) bond motifs is 1. The number of anilines is 1. The van der Waals surface area contributed by atoms with Crippen LogP contribution in [0.25, 0.3) is 0 Å². The summed E-state index contributed by atoms with van der Waals surface area (Å²) in [6.07, 6.45) is -0.164. The molecule has 142 valence electrons. The third-order valence-corrected chi connectivity index (χ3v) is 6.14. The molecule has 5 atom stereocenters. The number of nitrogens with one attached hydrogen (secondary N) is 1. The molecule has 0 radical (unpaired) electrons. The lowest BCUT2D eigenvalue weighted by Crippen LogP contribution is -2.54. The van der Waals surface area contributed by atoms with E-state index in [4.69, 9.17) is 5.26 Å². The predicted octanol–water partition coefficient (Wildman–Crippen LogP) is 1.20. The third-order valence-electron chi connectivity index (χ3n) is 4.83. The second kappa shape index (κ2) is 8.13. The minimum Gasteiger partial charge on any atom is -0.390 e. The molecule has 0 saturated heterocycles. The number of aliphatic hydroxyl groups excluding tert-OH is 2. The fraction of sp³-hybridized carbons (Fsp3) is 0.421. The van der Waals surface area contributed by atoms with Gasteiger partial charge in [-0.3, -0.25) is 9.79 Å². The number of benzene rings is 1. The van der Waals surface area contributed by atoms with Gasteiger partial charge < -0.3 is 20.4 Å². The lowest BCUT2D eigenvalue weighted by molar-refractivity contribution is -0.138. The van der Waals surface area contributed by atoms with Crippen LogP contribution in [0.15, 0.2) is 41.9 Å². The Kier molecular flexibility index (Phi) is 5.85. The van der Waals surface area contributed by atoms with Gasteiger partial charge in [0, 0.05) is 24.5 Å². The number of rotatable bonds is 4. The Morgan fingerprint density at radius 2 is 2.33 bits per heavy atom. The number of carbonyl (C=O) groups is 1. The van der Waals surface area contributed by atoms with Crippen LogP contribution in [0.2, 0.25) is 0 Å². The molecule has 1 aromatic rings. The molecule has 1 saturated carbocycles. The maximum Gasteiger partial charge on any atom is 0.227 e. The summed E-state index contributed by atoms with van der Waals surface area (Å²) in [5.41, 5.74) is 1.23. The lowest BCUT2D eigenvalue weighted by atomic mass is 9.80. The first-order chi connectivity index (χ1) is 12.9. The van der Waals surface area contributed by atoms with Gasteiger partial charge in [0.1, 0.15) is 6.10 Å². The van der Waals surface area contributed by atoms with Gasteiger partial charge in [0.25, 0.3) is 0 Å². The molecular weight excluding hydrogens is 364 g/mol. The molecule has 27 heavy (non-hydrogen) atoms. The zero-order valence-electron chi connectivity index (χ0n) is 14.9. The van der Waals surface area contributed by atoms with Gasteiger partial charge in [0.05, 0.1) is 29.7 Å². The number of amidine groups is 1. The molecule has 0 spiro atoms. The fourth-order valence-corrected chi connectivity index (χ4v) is 4.82. The quantitative estimate of drug-likeness (QED) is 0.671. The predicted molar refractivity (Wildman–Crippen MR) is 105 cm³/mol. The monoisotopic (exact) mass is 386 g/mol. The van der Waals surface area contributed by atoms with E-state index in [2.05, 4.69) is 23.0 Å². The van der Waals surface area contributed by atoms with E-state index in [1.54, 1.807) is 36.2 Å². The summed E-state index contributed by atoms with van der Waals surface area (Å²) < 4.78 is 0. The highest BCUT2D eigenvalue weighted by molar-refractivity contribution is 8.15. The van der Waals surface area contributed by atoms with Crippen molar-refractivity contribution >= 4 is 28.5 Å². The van der Waals surface area contributed by atoms with Crippen molar-refractivity contribution < 1.29 is 15.0 Å². The Morgan fingerprint density at radius 1 is 1.56 bits per heavy atom. The van der Waals surface area contributed by atoms with Gasteiger partial charge >= 0.3 is 0 Å². The van der Waals surface area contributed by atoms with Gasteiger partial charge in [-0.2, -0.15) is 5.26 Å². The van der Waals surface area contributed by atoms with Gasteiger partial charge in [-0.25, -0.2) is 0 Å². The van der Waals surface area contributed by atoms with E-state index >= 15 is 0 Å². The summed E-state index contributed by atoms with van der Waals surface area (Å²) in [5.74, 6) is -0.539. The zero-order chi connectivity index (χ0) is 19.6. The number of hydrogen-bond donors (Lipinski definition) is 3. The SMILES string of the molecule is C=CCN(C)C(=O)C1CC(O)C(O)C2N=C(Nc3cccc(C#N)c3)SC12. The van der Waals surface area contributed by atoms with Crippen LogP contribution in [-0.2, 0) is 4.79 Å². The Hall–Kier alpha value is -2.34. The molecule has 1 aromatic carbocycles. The van der Waals surface area contributed by atoms with Crippen LogP contribution in [0.4, 0.5) is 5.69 Å². The van der Waals surface area contributed by atoms with Crippen molar-refractivity contribution in [1.82, 2.24) is 4.90 Å². The lowest BCUT2D eigenvalue weighted by Gasteiger charge is -2.38. The van der Waals surface area contributed by atoms with Crippen LogP contribution < -0.4 is 5.32 Å². The van der Waals surface area contributed by atoms with E-state index in [9.17, 15) is 15.0 Å². The highest BCUT2D eigenvalue weighted by atomic mass is 32.2. The number of carbonyl (C=O) groups excluding carboxylic acids is 1. The van der Waals surface area contributed by atoms with Crippen molar-refractivity contribution in [2.75, 3.05) is 18.9 Å². The highest BCUT2D eigenvalue weighted by Crippen LogP contribution is 2.42. The fourth-order valence-electron chi connectivity index (χ4n) is 3.45. The number of nitriles is 1. The number of amides is 1. The summed E-state index contributed by atoms with van der Waals surface area (Å²) in [6.45, 7) is 4.07. The summed E-state index contributed by atoms with van der Waals surface area (Å²) in [7, 11) is 1.70. The normalized spacial score (nSPS) is 29.3.